The molecular weight excluding hydrogens is 258 g/mol. The van der Waals surface area contributed by atoms with Crippen molar-refractivity contribution in [3.05, 3.63) is 33.8 Å². The van der Waals surface area contributed by atoms with Crippen molar-refractivity contribution in [2.45, 2.75) is 20.4 Å². The molecule has 3 nitrogen and oxygen atoms in total. The van der Waals surface area contributed by atoms with E-state index in [4.69, 9.17) is 9.68 Å². The van der Waals surface area contributed by atoms with Crippen molar-refractivity contribution >= 4 is 15.9 Å². The maximum absolute atomic E-state index is 5.26. The zero-order valence-electron chi connectivity index (χ0n) is 9.29. The Labute approximate surface area is 99.0 Å². The number of hydroxylamine groups is 2. The van der Waals surface area contributed by atoms with Crippen molar-refractivity contribution in [3.8, 4) is 0 Å². The van der Waals surface area contributed by atoms with E-state index in [2.05, 4.69) is 41.1 Å². The summed E-state index contributed by atoms with van der Waals surface area (Å²) in [5.74, 6) is 0. The summed E-state index contributed by atoms with van der Waals surface area (Å²) in [4.78, 5) is 10.3. The lowest BCUT2D eigenvalue weighted by atomic mass is 10.1. The van der Waals surface area contributed by atoms with Crippen LogP contribution in [0.1, 0.15) is 18.1 Å². The SMILES string of the molecule is CCON(Cc1ccc(C)c(Br)c1)OC. The Balaban J connectivity index is 2.66. The fraction of sp³-hybridized carbons (Fsp3) is 0.455. The minimum atomic E-state index is 0.598. The zero-order chi connectivity index (χ0) is 11.3. The smallest absolute Gasteiger partial charge is 0.0767 e. The summed E-state index contributed by atoms with van der Waals surface area (Å²) in [7, 11) is 1.60. The Morgan fingerprint density at radius 2 is 2.13 bits per heavy atom. The third-order valence-electron chi connectivity index (χ3n) is 2.02. The van der Waals surface area contributed by atoms with Gasteiger partial charge >= 0.3 is 0 Å². The van der Waals surface area contributed by atoms with Crippen LogP contribution in [0.5, 0.6) is 0 Å². The van der Waals surface area contributed by atoms with Gasteiger partial charge in [0.05, 0.1) is 20.3 Å². The maximum atomic E-state index is 5.26. The highest BCUT2D eigenvalue weighted by atomic mass is 79.9. The molecule has 4 heteroatoms. The molecule has 0 aromatic heterocycles. The van der Waals surface area contributed by atoms with Gasteiger partial charge in [-0.3, -0.25) is 9.68 Å². The predicted octanol–water partition coefficient (Wildman–Crippen LogP) is 3.07. The van der Waals surface area contributed by atoms with E-state index in [9.17, 15) is 0 Å². The first-order valence-electron chi connectivity index (χ1n) is 4.87. The molecule has 0 amide bonds. The lowest BCUT2D eigenvalue weighted by Crippen LogP contribution is -2.22. The Morgan fingerprint density at radius 1 is 1.40 bits per heavy atom. The largest absolute Gasteiger partial charge is 0.277 e. The average molecular weight is 274 g/mol. The highest BCUT2D eigenvalue weighted by Gasteiger charge is 2.05. The van der Waals surface area contributed by atoms with Gasteiger partial charge in [-0.25, -0.2) is 0 Å². The number of rotatable bonds is 5. The van der Waals surface area contributed by atoms with Gasteiger partial charge in [0.2, 0.25) is 0 Å². The molecule has 1 aromatic rings. The Bertz CT molecular complexity index is 317. The molecule has 0 bridgehead atoms. The molecular formula is C11H16BrNO2. The lowest BCUT2D eigenvalue weighted by molar-refractivity contribution is -0.360. The molecule has 0 unspecified atom stereocenters. The van der Waals surface area contributed by atoms with Crippen molar-refractivity contribution < 1.29 is 9.68 Å². The van der Waals surface area contributed by atoms with Crippen molar-refractivity contribution in [3.63, 3.8) is 0 Å². The molecule has 0 aliphatic carbocycles. The summed E-state index contributed by atoms with van der Waals surface area (Å²) in [5, 5.41) is 1.47. The predicted molar refractivity (Wildman–Crippen MR) is 63.1 cm³/mol. The highest BCUT2D eigenvalue weighted by molar-refractivity contribution is 9.10. The van der Waals surface area contributed by atoms with Crippen LogP contribution >= 0.6 is 15.9 Å². The normalized spacial score (nSPS) is 11.0. The van der Waals surface area contributed by atoms with E-state index >= 15 is 0 Å². The summed E-state index contributed by atoms with van der Waals surface area (Å²) in [5.41, 5.74) is 2.36. The van der Waals surface area contributed by atoms with Gasteiger partial charge in [-0.15, -0.1) is 0 Å². The molecule has 0 aliphatic heterocycles. The molecule has 0 aliphatic rings. The second-order valence-electron chi connectivity index (χ2n) is 3.17. The standard InChI is InChI=1S/C11H16BrNO2/c1-4-15-13(14-3)8-10-6-5-9(2)11(12)7-10/h5-7H,4,8H2,1-3H3. The molecule has 0 fully saturated rings. The third kappa shape index (κ3) is 3.91. The van der Waals surface area contributed by atoms with Crippen molar-refractivity contribution in [2.75, 3.05) is 13.7 Å². The minimum Gasteiger partial charge on any atom is -0.277 e. The van der Waals surface area contributed by atoms with Crippen LogP contribution in [0.2, 0.25) is 0 Å². The summed E-state index contributed by atoms with van der Waals surface area (Å²) >= 11 is 3.50. The number of halogens is 1. The van der Waals surface area contributed by atoms with Gasteiger partial charge < -0.3 is 0 Å². The van der Waals surface area contributed by atoms with Crippen LogP contribution in [-0.2, 0) is 16.2 Å². The minimum absolute atomic E-state index is 0.598. The highest BCUT2D eigenvalue weighted by Crippen LogP contribution is 2.18. The quantitative estimate of drug-likeness (QED) is 0.770. The number of aryl methyl sites for hydroxylation is 1. The molecule has 0 N–H and O–H groups in total. The fourth-order valence-electron chi connectivity index (χ4n) is 1.19. The topological polar surface area (TPSA) is 21.7 Å². The van der Waals surface area contributed by atoms with Crippen LogP contribution in [0.3, 0.4) is 0 Å². The van der Waals surface area contributed by atoms with Crippen LogP contribution < -0.4 is 0 Å². The van der Waals surface area contributed by atoms with E-state index in [1.54, 1.807) is 7.11 Å². The Kier molecular flexibility index (Phi) is 5.25. The van der Waals surface area contributed by atoms with Crippen LogP contribution in [-0.4, -0.2) is 18.9 Å². The lowest BCUT2D eigenvalue weighted by Gasteiger charge is -2.18. The fourth-order valence-corrected chi connectivity index (χ4v) is 1.62. The van der Waals surface area contributed by atoms with Crippen molar-refractivity contribution in [1.82, 2.24) is 5.23 Å². The van der Waals surface area contributed by atoms with E-state index in [0.717, 1.165) is 10.0 Å². The second kappa shape index (κ2) is 6.23. The van der Waals surface area contributed by atoms with Gasteiger partial charge in [0, 0.05) is 4.47 Å². The van der Waals surface area contributed by atoms with E-state index < -0.39 is 0 Å². The van der Waals surface area contributed by atoms with Crippen molar-refractivity contribution in [2.24, 2.45) is 0 Å². The first kappa shape index (κ1) is 12.6. The van der Waals surface area contributed by atoms with E-state index in [1.165, 1.54) is 10.8 Å². The summed E-state index contributed by atoms with van der Waals surface area (Å²) in [6.07, 6.45) is 0. The second-order valence-corrected chi connectivity index (χ2v) is 4.03. The van der Waals surface area contributed by atoms with Gasteiger partial charge in [-0.05, 0) is 31.0 Å². The summed E-state index contributed by atoms with van der Waals surface area (Å²) < 4.78 is 1.10. The molecule has 0 spiro atoms. The first-order chi connectivity index (χ1) is 7.17. The Hall–Kier alpha value is -0.420. The van der Waals surface area contributed by atoms with Gasteiger partial charge in [0.25, 0.3) is 0 Å². The molecule has 15 heavy (non-hydrogen) atoms. The van der Waals surface area contributed by atoms with Crippen LogP contribution in [0.15, 0.2) is 22.7 Å². The molecule has 0 saturated carbocycles. The Morgan fingerprint density at radius 3 is 2.67 bits per heavy atom. The molecule has 0 heterocycles. The molecule has 0 saturated heterocycles. The molecule has 0 radical (unpaired) electrons. The molecule has 1 rings (SSSR count). The van der Waals surface area contributed by atoms with Gasteiger partial charge in [0.15, 0.2) is 0 Å². The number of hydrogen-bond donors (Lipinski definition) is 0. The van der Waals surface area contributed by atoms with Gasteiger partial charge in [-0.2, -0.15) is 0 Å². The average Bonchev–Trinajstić information content (AvgIpc) is 2.23. The zero-order valence-corrected chi connectivity index (χ0v) is 10.9. The van der Waals surface area contributed by atoms with Crippen LogP contribution in [0, 0.1) is 6.92 Å². The molecule has 1 aromatic carbocycles. The van der Waals surface area contributed by atoms with E-state index in [-0.39, 0.29) is 0 Å². The van der Waals surface area contributed by atoms with Gasteiger partial charge in [0.1, 0.15) is 0 Å². The number of hydrogen-bond acceptors (Lipinski definition) is 3. The van der Waals surface area contributed by atoms with E-state index in [1.807, 2.05) is 6.92 Å². The third-order valence-corrected chi connectivity index (χ3v) is 2.88. The number of nitrogens with zero attached hydrogens (tertiary/aromatic N) is 1. The summed E-state index contributed by atoms with van der Waals surface area (Å²) in [6.45, 7) is 5.20. The van der Waals surface area contributed by atoms with Gasteiger partial charge in [-0.1, -0.05) is 33.3 Å². The first-order valence-corrected chi connectivity index (χ1v) is 5.66. The van der Waals surface area contributed by atoms with Crippen LogP contribution in [0.25, 0.3) is 0 Å². The molecule has 0 atom stereocenters. The molecule has 84 valence electrons. The maximum Gasteiger partial charge on any atom is 0.0767 e. The summed E-state index contributed by atoms with van der Waals surface area (Å²) in [6, 6.07) is 6.20. The van der Waals surface area contributed by atoms with E-state index in [0.29, 0.717) is 13.2 Å². The number of benzene rings is 1. The van der Waals surface area contributed by atoms with Crippen LogP contribution in [0.4, 0.5) is 0 Å². The van der Waals surface area contributed by atoms with Crippen molar-refractivity contribution in [1.29, 1.82) is 0 Å². The monoisotopic (exact) mass is 273 g/mol.